The molecule has 0 bridgehead atoms. The minimum absolute atomic E-state index is 0.578. The fourth-order valence-electron chi connectivity index (χ4n) is 4.27. The van der Waals surface area contributed by atoms with Gasteiger partial charge in [-0.2, -0.15) is 0 Å². The second-order valence-electron chi connectivity index (χ2n) is 6.86. The number of hydrogen-bond acceptors (Lipinski definition) is 1. The van der Waals surface area contributed by atoms with Crippen LogP contribution in [0.5, 0.6) is 0 Å². The van der Waals surface area contributed by atoms with E-state index in [0.29, 0.717) is 6.04 Å². The maximum atomic E-state index is 3.81. The van der Waals surface area contributed by atoms with Crippen LogP contribution in [-0.2, 0) is 0 Å². The van der Waals surface area contributed by atoms with E-state index in [2.05, 4.69) is 43.4 Å². The third kappa shape index (κ3) is 2.65. The van der Waals surface area contributed by atoms with E-state index in [1.54, 1.807) is 11.1 Å². The van der Waals surface area contributed by atoms with Gasteiger partial charge in [-0.3, -0.25) is 0 Å². The van der Waals surface area contributed by atoms with Crippen LogP contribution in [0.2, 0.25) is 0 Å². The first kappa shape index (κ1) is 14.1. The molecule has 110 valence electrons. The minimum Gasteiger partial charge on any atom is -0.310 e. The highest BCUT2D eigenvalue weighted by atomic mass is 14.9. The SMILES string of the molecule is CCNC(c1ccccc1C1CCC1)C1CCCC1C. The molecule has 0 spiro atoms. The van der Waals surface area contributed by atoms with Crippen molar-refractivity contribution in [2.45, 2.75) is 64.3 Å². The van der Waals surface area contributed by atoms with Crippen LogP contribution in [0.4, 0.5) is 0 Å². The molecule has 0 radical (unpaired) electrons. The molecule has 1 N–H and O–H groups in total. The van der Waals surface area contributed by atoms with Crippen molar-refractivity contribution in [1.82, 2.24) is 5.32 Å². The van der Waals surface area contributed by atoms with Gasteiger partial charge in [-0.1, -0.05) is 57.4 Å². The van der Waals surface area contributed by atoms with Gasteiger partial charge in [-0.25, -0.2) is 0 Å². The van der Waals surface area contributed by atoms with Gasteiger partial charge in [0.15, 0.2) is 0 Å². The van der Waals surface area contributed by atoms with Gasteiger partial charge < -0.3 is 5.32 Å². The van der Waals surface area contributed by atoms with Crippen LogP contribution in [0.15, 0.2) is 24.3 Å². The van der Waals surface area contributed by atoms with Crippen molar-refractivity contribution in [3.05, 3.63) is 35.4 Å². The molecule has 1 nitrogen and oxygen atoms in total. The summed E-state index contributed by atoms with van der Waals surface area (Å²) in [6.45, 7) is 5.78. The molecule has 0 amide bonds. The fraction of sp³-hybridized carbons (Fsp3) is 0.684. The van der Waals surface area contributed by atoms with E-state index in [4.69, 9.17) is 0 Å². The Hall–Kier alpha value is -0.820. The Balaban J connectivity index is 1.90. The van der Waals surface area contributed by atoms with Crippen LogP contribution in [0.25, 0.3) is 0 Å². The first-order valence-corrected chi connectivity index (χ1v) is 8.63. The quantitative estimate of drug-likeness (QED) is 0.791. The van der Waals surface area contributed by atoms with Gasteiger partial charge in [-0.15, -0.1) is 0 Å². The maximum absolute atomic E-state index is 3.81. The molecule has 2 saturated carbocycles. The predicted molar refractivity (Wildman–Crippen MR) is 86.0 cm³/mol. The Bertz CT molecular complexity index is 435. The number of rotatable bonds is 5. The third-order valence-corrected chi connectivity index (χ3v) is 5.66. The second-order valence-corrected chi connectivity index (χ2v) is 6.86. The van der Waals surface area contributed by atoms with Crippen molar-refractivity contribution in [3.8, 4) is 0 Å². The van der Waals surface area contributed by atoms with Gasteiger partial charge in [-0.05, 0) is 54.7 Å². The summed E-state index contributed by atoms with van der Waals surface area (Å²) in [4.78, 5) is 0. The summed E-state index contributed by atoms with van der Waals surface area (Å²) in [6.07, 6.45) is 8.45. The molecule has 2 aliphatic rings. The molecule has 0 aliphatic heterocycles. The van der Waals surface area contributed by atoms with E-state index in [1.807, 2.05) is 0 Å². The maximum Gasteiger partial charge on any atom is 0.0353 e. The molecule has 0 saturated heterocycles. The fourth-order valence-corrected chi connectivity index (χ4v) is 4.27. The lowest BCUT2D eigenvalue weighted by Crippen LogP contribution is -2.31. The lowest BCUT2D eigenvalue weighted by molar-refractivity contribution is 0.300. The van der Waals surface area contributed by atoms with Gasteiger partial charge in [0, 0.05) is 6.04 Å². The largest absolute Gasteiger partial charge is 0.310 e. The summed E-state index contributed by atoms with van der Waals surface area (Å²) < 4.78 is 0. The van der Waals surface area contributed by atoms with E-state index in [-0.39, 0.29) is 0 Å². The molecule has 3 unspecified atom stereocenters. The molecular weight excluding hydrogens is 242 g/mol. The monoisotopic (exact) mass is 271 g/mol. The van der Waals surface area contributed by atoms with E-state index in [9.17, 15) is 0 Å². The minimum atomic E-state index is 0.578. The summed E-state index contributed by atoms with van der Waals surface area (Å²) in [5, 5.41) is 3.81. The Morgan fingerprint density at radius 1 is 1.10 bits per heavy atom. The molecule has 3 rings (SSSR count). The van der Waals surface area contributed by atoms with Crippen LogP contribution in [0, 0.1) is 11.8 Å². The zero-order valence-electron chi connectivity index (χ0n) is 13.1. The van der Waals surface area contributed by atoms with Crippen LogP contribution < -0.4 is 5.32 Å². The van der Waals surface area contributed by atoms with Gasteiger partial charge in [0.05, 0.1) is 0 Å². The van der Waals surface area contributed by atoms with E-state index < -0.39 is 0 Å². The third-order valence-electron chi connectivity index (χ3n) is 5.66. The second kappa shape index (κ2) is 6.30. The van der Waals surface area contributed by atoms with Crippen molar-refractivity contribution in [3.63, 3.8) is 0 Å². The highest BCUT2D eigenvalue weighted by Gasteiger charge is 2.34. The normalized spacial score (nSPS) is 28.3. The highest BCUT2D eigenvalue weighted by molar-refractivity contribution is 5.35. The molecule has 0 heterocycles. The number of hydrogen-bond donors (Lipinski definition) is 1. The average Bonchev–Trinajstić information content (AvgIpc) is 2.81. The zero-order valence-corrected chi connectivity index (χ0v) is 13.1. The molecule has 1 aromatic carbocycles. The topological polar surface area (TPSA) is 12.0 Å². The Morgan fingerprint density at radius 3 is 2.45 bits per heavy atom. The van der Waals surface area contributed by atoms with E-state index in [0.717, 1.165) is 24.3 Å². The molecule has 2 aliphatic carbocycles. The van der Waals surface area contributed by atoms with Crippen LogP contribution in [0.3, 0.4) is 0 Å². The van der Waals surface area contributed by atoms with Crippen LogP contribution in [0.1, 0.15) is 75.5 Å². The first-order valence-electron chi connectivity index (χ1n) is 8.63. The van der Waals surface area contributed by atoms with Crippen molar-refractivity contribution < 1.29 is 0 Å². The van der Waals surface area contributed by atoms with Crippen LogP contribution >= 0.6 is 0 Å². The Labute approximate surface area is 124 Å². The summed E-state index contributed by atoms with van der Waals surface area (Å²) >= 11 is 0. The lowest BCUT2D eigenvalue weighted by atomic mass is 9.75. The number of benzene rings is 1. The van der Waals surface area contributed by atoms with Gasteiger partial charge in [0.25, 0.3) is 0 Å². The number of nitrogens with one attached hydrogen (secondary N) is 1. The summed E-state index contributed by atoms with van der Waals surface area (Å²) in [5.74, 6) is 2.54. The molecule has 0 aromatic heterocycles. The van der Waals surface area contributed by atoms with Crippen molar-refractivity contribution in [2.24, 2.45) is 11.8 Å². The Kier molecular flexibility index (Phi) is 4.45. The molecule has 3 atom stereocenters. The van der Waals surface area contributed by atoms with Gasteiger partial charge >= 0.3 is 0 Å². The molecular formula is C19H29N. The molecule has 2 fully saturated rings. The standard InChI is InChI=1S/C19H29N/c1-3-20-19(16-13-6-8-14(16)2)18-12-5-4-11-17(18)15-9-7-10-15/h4-5,11-12,14-16,19-20H,3,6-10,13H2,1-2H3. The van der Waals surface area contributed by atoms with Crippen LogP contribution in [-0.4, -0.2) is 6.54 Å². The summed E-state index contributed by atoms with van der Waals surface area (Å²) in [6, 6.07) is 9.84. The smallest absolute Gasteiger partial charge is 0.0353 e. The predicted octanol–water partition coefficient (Wildman–Crippen LogP) is 5.04. The highest BCUT2D eigenvalue weighted by Crippen LogP contribution is 2.45. The van der Waals surface area contributed by atoms with Crippen molar-refractivity contribution in [1.29, 1.82) is 0 Å². The van der Waals surface area contributed by atoms with Gasteiger partial charge in [0.2, 0.25) is 0 Å². The van der Waals surface area contributed by atoms with Crippen molar-refractivity contribution in [2.75, 3.05) is 6.54 Å². The summed E-state index contributed by atoms with van der Waals surface area (Å²) in [7, 11) is 0. The van der Waals surface area contributed by atoms with Crippen molar-refractivity contribution >= 4 is 0 Å². The van der Waals surface area contributed by atoms with E-state index >= 15 is 0 Å². The molecule has 1 aromatic rings. The average molecular weight is 271 g/mol. The summed E-state index contributed by atoms with van der Waals surface area (Å²) in [5.41, 5.74) is 3.25. The lowest BCUT2D eigenvalue weighted by Gasteiger charge is -2.34. The Morgan fingerprint density at radius 2 is 1.85 bits per heavy atom. The van der Waals surface area contributed by atoms with Gasteiger partial charge in [0.1, 0.15) is 0 Å². The molecule has 1 heteroatoms. The van der Waals surface area contributed by atoms with E-state index in [1.165, 1.54) is 38.5 Å². The zero-order chi connectivity index (χ0) is 13.9. The first-order chi connectivity index (χ1) is 9.81. The molecule has 20 heavy (non-hydrogen) atoms.